The molecule has 1 amide bonds. The number of ketones is 1. The fourth-order valence-electron chi connectivity index (χ4n) is 3.34. The van der Waals surface area contributed by atoms with Gasteiger partial charge in [0, 0.05) is 19.9 Å². The van der Waals surface area contributed by atoms with Crippen molar-refractivity contribution in [3.63, 3.8) is 0 Å². The van der Waals surface area contributed by atoms with Gasteiger partial charge in [-0.3, -0.25) is 14.5 Å². The Morgan fingerprint density at radius 3 is 2.47 bits per heavy atom. The Balaban J connectivity index is 1.96. The molecule has 0 unspecified atom stereocenters. The third-order valence-electron chi connectivity index (χ3n) is 4.95. The molecule has 1 fully saturated rings. The van der Waals surface area contributed by atoms with Gasteiger partial charge in [-0.1, -0.05) is 39.7 Å². The van der Waals surface area contributed by atoms with E-state index in [-0.39, 0.29) is 11.3 Å². The number of aliphatic hydroxyl groups is 1. The van der Waals surface area contributed by atoms with Crippen molar-refractivity contribution >= 4 is 61.4 Å². The number of carbonyl (C=O) groups is 2. The van der Waals surface area contributed by atoms with Gasteiger partial charge in [0.2, 0.25) is 0 Å². The van der Waals surface area contributed by atoms with Crippen molar-refractivity contribution in [1.29, 1.82) is 0 Å². The van der Waals surface area contributed by atoms with E-state index in [4.69, 9.17) is 11.6 Å². The zero-order valence-corrected chi connectivity index (χ0v) is 19.2. The summed E-state index contributed by atoms with van der Waals surface area (Å²) in [6.07, 6.45) is 0. The zero-order valence-electron chi connectivity index (χ0n) is 16.0. The fourth-order valence-corrected chi connectivity index (χ4v) is 4.82. The van der Waals surface area contributed by atoms with Crippen LogP contribution >= 0.6 is 38.9 Å². The second-order valence-electron chi connectivity index (χ2n) is 6.87. The number of anilines is 1. The van der Waals surface area contributed by atoms with E-state index < -0.39 is 17.7 Å². The summed E-state index contributed by atoms with van der Waals surface area (Å²) in [5, 5.41) is 12.0. The van der Waals surface area contributed by atoms with Crippen molar-refractivity contribution in [2.45, 2.75) is 19.9 Å². The van der Waals surface area contributed by atoms with E-state index in [1.165, 1.54) is 16.2 Å². The summed E-state index contributed by atoms with van der Waals surface area (Å²) in [6.45, 7) is 3.77. The van der Waals surface area contributed by atoms with E-state index in [1.807, 2.05) is 38.1 Å². The van der Waals surface area contributed by atoms with Gasteiger partial charge in [-0.05, 0) is 55.8 Å². The number of halogens is 2. The number of amides is 1. The average Bonchev–Trinajstić information content (AvgIpc) is 3.18. The maximum Gasteiger partial charge on any atom is 0.301 e. The molecule has 30 heavy (non-hydrogen) atoms. The second kappa shape index (κ2) is 7.98. The van der Waals surface area contributed by atoms with Gasteiger partial charge in [-0.15, -0.1) is 11.3 Å². The van der Waals surface area contributed by atoms with Crippen molar-refractivity contribution in [2.75, 3.05) is 4.90 Å². The smallest absolute Gasteiger partial charge is 0.301 e. The van der Waals surface area contributed by atoms with E-state index in [1.54, 1.807) is 24.3 Å². The highest BCUT2D eigenvalue weighted by Crippen LogP contribution is 2.44. The molecule has 1 atom stereocenters. The Bertz CT molecular complexity index is 1180. The highest BCUT2D eigenvalue weighted by Gasteiger charge is 2.48. The summed E-state index contributed by atoms with van der Waals surface area (Å²) in [5.74, 6) is -1.72. The molecule has 0 spiro atoms. The van der Waals surface area contributed by atoms with Crippen molar-refractivity contribution in [1.82, 2.24) is 4.98 Å². The number of benzene rings is 2. The quantitative estimate of drug-likeness (QED) is 0.278. The van der Waals surface area contributed by atoms with Gasteiger partial charge >= 0.3 is 5.91 Å². The maximum absolute atomic E-state index is 13.1. The normalized spacial score (nSPS) is 18.3. The van der Waals surface area contributed by atoms with Gasteiger partial charge < -0.3 is 5.11 Å². The summed E-state index contributed by atoms with van der Waals surface area (Å²) in [4.78, 5) is 32.9. The molecule has 5 nitrogen and oxygen atoms in total. The van der Waals surface area contributed by atoms with Crippen LogP contribution in [0, 0.1) is 13.8 Å². The van der Waals surface area contributed by atoms with E-state index in [0.717, 1.165) is 15.0 Å². The van der Waals surface area contributed by atoms with Crippen LogP contribution in [0.2, 0.25) is 5.02 Å². The Labute approximate surface area is 190 Å². The first-order valence-electron chi connectivity index (χ1n) is 9.04. The first kappa shape index (κ1) is 20.8. The lowest BCUT2D eigenvalue weighted by Crippen LogP contribution is -2.29. The molecule has 0 saturated carbocycles. The molecule has 1 aromatic heterocycles. The number of hydrogen-bond donors (Lipinski definition) is 1. The number of nitrogens with zero attached hydrogens (tertiary/aromatic N) is 2. The molecule has 4 rings (SSSR count). The number of Topliss-reactive ketones (excluding diaryl/α,β-unsaturated/α-hetero) is 1. The lowest BCUT2D eigenvalue weighted by molar-refractivity contribution is -0.132. The molecule has 8 heteroatoms. The zero-order chi connectivity index (χ0) is 21.6. The first-order valence-corrected chi connectivity index (χ1v) is 11.0. The number of thiazole rings is 1. The van der Waals surface area contributed by atoms with E-state index in [0.29, 0.717) is 21.3 Å². The van der Waals surface area contributed by atoms with Crippen LogP contribution in [0.25, 0.3) is 5.76 Å². The topological polar surface area (TPSA) is 70.5 Å². The molecule has 1 aliphatic heterocycles. The maximum atomic E-state index is 13.1. The summed E-state index contributed by atoms with van der Waals surface area (Å²) in [6, 6.07) is 13.0. The fraction of sp³-hybridized carbons (Fsp3) is 0.136. The Hall–Kier alpha value is -2.48. The van der Waals surface area contributed by atoms with Crippen LogP contribution < -0.4 is 4.90 Å². The molecule has 152 valence electrons. The summed E-state index contributed by atoms with van der Waals surface area (Å²) >= 11 is 10.7. The number of carbonyl (C=O) groups excluding carboxylic acids is 2. The largest absolute Gasteiger partial charge is 0.507 e. The number of aliphatic hydroxyl groups excluding tert-OH is 1. The summed E-state index contributed by atoms with van der Waals surface area (Å²) in [5.41, 5.74) is 1.90. The highest BCUT2D eigenvalue weighted by molar-refractivity contribution is 9.10. The van der Waals surface area contributed by atoms with Gasteiger partial charge in [-0.25, -0.2) is 4.98 Å². The standard InChI is InChI=1S/C22H16BrClN2O3S/c1-11-12(2)30-22(25-11)26-18(14-4-3-5-15(23)10-14)17(20(28)21(26)29)19(27)13-6-8-16(24)9-7-13/h3-10,18,27H,1-2H3/t18-/m0/s1. The summed E-state index contributed by atoms with van der Waals surface area (Å²) in [7, 11) is 0. The molecule has 0 radical (unpaired) electrons. The van der Waals surface area contributed by atoms with E-state index in [9.17, 15) is 14.7 Å². The molecule has 0 bridgehead atoms. The predicted octanol–water partition coefficient (Wildman–Crippen LogP) is 5.80. The minimum absolute atomic E-state index is 0.0194. The van der Waals surface area contributed by atoms with Gasteiger partial charge in [0.15, 0.2) is 5.13 Å². The lowest BCUT2D eigenvalue weighted by atomic mass is 9.95. The number of aryl methyl sites for hydroxylation is 2. The van der Waals surface area contributed by atoms with Gasteiger partial charge in [0.25, 0.3) is 5.78 Å². The van der Waals surface area contributed by atoms with Gasteiger partial charge in [0.05, 0.1) is 17.3 Å². The summed E-state index contributed by atoms with van der Waals surface area (Å²) < 4.78 is 0.795. The monoisotopic (exact) mass is 502 g/mol. The van der Waals surface area contributed by atoms with Crippen LogP contribution in [0.3, 0.4) is 0 Å². The third kappa shape index (κ3) is 3.57. The highest BCUT2D eigenvalue weighted by atomic mass is 79.9. The minimum Gasteiger partial charge on any atom is -0.507 e. The molecule has 1 saturated heterocycles. The third-order valence-corrected chi connectivity index (χ3v) is 6.77. The Kier molecular flexibility index (Phi) is 5.53. The van der Waals surface area contributed by atoms with Crippen LogP contribution in [0.5, 0.6) is 0 Å². The van der Waals surface area contributed by atoms with Crippen LogP contribution in [-0.2, 0) is 9.59 Å². The molecule has 3 aromatic rings. The molecular formula is C22H16BrClN2O3S. The second-order valence-corrected chi connectivity index (χ2v) is 9.40. The molecule has 1 N–H and O–H groups in total. The molecule has 0 aliphatic carbocycles. The molecule has 2 aromatic carbocycles. The lowest BCUT2D eigenvalue weighted by Gasteiger charge is -2.23. The number of aromatic nitrogens is 1. The van der Waals surface area contributed by atoms with E-state index >= 15 is 0 Å². The van der Waals surface area contributed by atoms with Crippen LogP contribution in [-0.4, -0.2) is 21.8 Å². The molecule has 1 aliphatic rings. The Morgan fingerprint density at radius 1 is 1.17 bits per heavy atom. The van der Waals surface area contributed by atoms with Crippen molar-refractivity contribution < 1.29 is 14.7 Å². The first-order chi connectivity index (χ1) is 14.3. The van der Waals surface area contributed by atoms with Crippen LogP contribution in [0.15, 0.2) is 58.6 Å². The number of hydrogen-bond acceptors (Lipinski definition) is 5. The van der Waals surface area contributed by atoms with Crippen molar-refractivity contribution in [3.8, 4) is 0 Å². The number of rotatable bonds is 3. The van der Waals surface area contributed by atoms with Crippen LogP contribution in [0.4, 0.5) is 5.13 Å². The molecular weight excluding hydrogens is 488 g/mol. The van der Waals surface area contributed by atoms with Crippen molar-refractivity contribution in [3.05, 3.63) is 85.3 Å². The SMILES string of the molecule is Cc1nc(N2C(=O)C(=O)C(=C(O)c3ccc(Cl)cc3)[C@@H]2c2cccc(Br)c2)sc1C. The van der Waals surface area contributed by atoms with Gasteiger partial charge in [0.1, 0.15) is 5.76 Å². The average molecular weight is 504 g/mol. The van der Waals surface area contributed by atoms with Crippen LogP contribution in [0.1, 0.15) is 27.7 Å². The van der Waals surface area contributed by atoms with Gasteiger partial charge in [-0.2, -0.15) is 0 Å². The predicted molar refractivity (Wildman–Crippen MR) is 122 cm³/mol. The minimum atomic E-state index is -0.803. The van der Waals surface area contributed by atoms with Crippen molar-refractivity contribution in [2.24, 2.45) is 0 Å². The molecule has 2 heterocycles. The van der Waals surface area contributed by atoms with E-state index in [2.05, 4.69) is 20.9 Å². The Morgan fingerprint density at radius 2 is 1.87 bits per heavy atom.